The number of benzene rings is 1. The zero-order valence-electron chi connectivity index (χ0n) is 6.57. The number of rotatable bonds is 1. The van der Waals surface area contributed by atoms with Crippen molar-refractivity contribution in [3.05, 3.63) is 24.3 Å². The third-order valence-electron chi connectivity index (χ3n) is 1.61. The number of halogens is 2. The SMILES string of the molecule is O=S(=O)(Cl)c1ccc2oc(F)nc2c1. The van der Waals surface area contributed by atoms with Gasteiger partial charge in [-0.3, -0.25) is 0 Å². The maximum absolute atomic E-state index is 12.5. The van der Waals surface area contributed by atoms with E-state index in [1.807, 2.05) is 0 Å². The van der Waals surface area contributed by atoms with Gasteiger partial charge in [0.1, 0.15) is 5.52 Å². The number of hydrogen-bond donors (Lipinski definition) is 0. The van der Waals surface area contributed by atoms with Crippen LogP contribution in [0.2, 0.25) is 0 Å². The molecule has 0 atom stereocenters. The first-order valence-corrected chi connectivity index (χ1v) is 5.78. The molecule has 1 heterocycles. The molecule has 0 radical (unpaired) electrons. The van der Waals surface area contributed by atoms with Crippen molar-refractivity contribution in [2.24, 2.45) is 0 Å². The van der Waals surface area contributed by atoms with Crippen molar-refractivity contribution in [1.29, 1.82) is 0 Å². The third kappa shape index (κ3) is 1.58. The van der Waals surface area contributed by atoms with E-state index in [2.05, 4.69) is 9.40 Å². The van der Waals surface area contributed by atoms with Crippen molar-refractivity contribution in [3.8, 4) is 0 Å². The van der Waals surface area contributed by atoms with E-state index in [0.717, 1.165) is 6.07 Å². The van der Waals surface area contributed by atoms with Crippen LogP contribution in [0.1, 0.15) is 0 Å². The number of aromatic nitrogens is 1. The van der Waals surface area contributed by atoms with Gasteiger partial charge in [0.25, 0.3) is 9.05 Å². The summed E-state index contributed by atoms with van der Waals surface area (Å²) >= 11 is 0. The van der Waals surface area contributed by atoms with E-state index in [4.69, 9.17) is 10.7 Å². The lowest BCUT2D eigenvalue weighted by Crippen LogP contribution is -1.89. The molecule has 0 spiro atoms. The summed E-state index contributed by atoms with van der Waals surface area (Å²) in [5.74, 6) is 0. The van der Waals surface area contributed by atoms with E-state index in [-0.39, 0.29) is 16.0 Å². The molecule has 14 heavy (non-hydrogen) atoms. The standard InChI is InChI=1S/C7H3ClFNO3S/c8-14(11,12)4-1-2-6-5(3-4)10-7(9)13-6/h1-3H. The van der Waals surface area contributed by atoms with Crippen molar-refractivity contribution >= 4 is 30.8 Å². The summed E-state index contributed by atoms with van der Waals surface area (Å²) in [6.07, 6.45) is -1.01. The van der Waals surface area contributed by atoms with Gasteiger partial charge in [-0.25, -0.2) is 8.42 Å². The second-order valence-electron chi connectivity index (χ2n) is 2.53. The largest absolute Gasteiger partial charge is 0.415 e. The van der Waals surface area contributed by atoms with Crippen molar-refractivity contribution in [2.75, 3.05) is 0 Å². The number of fused-ring (bicyclic) bond motifs is 1. The Morgan fingerprint density at radius 3 is 2.79 bits per heavy atom. The summed E-state index contributed by atoms with van der Waals surface area (Å²) in [4.78, 5) is 3.19. The summed E-state index contributed by atoms with van der Waals surface area (Å²) < 4.78 is 38.8. The van der Waals surface area contributed by atoms with Crippen LogP contribution in [0.4, 0.5) is 4.39 Å². The summed E-state index contributed by atoms with van der Waals surface area (Å²) in [7, 11) is 1.27. The average molecular weight is 236 g/mol. The molecule has 4 nitrogen and oxygen atoms in total. The van der Waals surface area contributed by atoms with Crippen LogP contribution in [0.15, 0.2) is 27.5 Å². The second-order valence-corrected chi connectivity index (χ2v) is 5.10. The minimum atomic E-state index is -3.82. The molecule has 74 valence electrons. The van der Waals surface area contributed by atoms with Gasteiger partial charge >= 0.3 is 6.14 Å². The molecule has 0 saturated heterocycles. The smallest absolute Gasteiger partial charge is 0.382 e. The Kier molecular flexibility index (Phi) is 1.97. The Morgan fingerprint density at radius 1 is 1.43 bits per heavy atom. The van der Waals surface area contributed by atoms with Gasteiger partial charge in [0, 0.05) is 10.7 Å². The van der Waals surface area contributed by atoms with E-state index in [1.54, 1.807) is 0 Å². The van der Waals surface area contributed by atoms with Gasteiger partial charge in [-0.1, -0.05) is 0 Å². The molecule has 7 heteroatoms. The maximum atomic E-state index is 12.5. The van der Waals surface area contributed by atoms with Crippen molar-refractivity contribution in [2.45, 2.75) is 4.90 Å². The molecule has 2 rings (SSSR count). The summed E-state index contributed by atoms with van der Waals surface area (Å²) in [5, 5.41) is 0. The van der Waals surface area contributed by atoms with Gasteiger partial charge in [-0.2, -0.15) is 4.98 Å². The lowest BCUT2D eigenvalue weighted by atomic mass is 10.3. The van der Waals surface area contributed by atoms with Crippen molar-refractivity contribution < 1.29 is 17.2 Å². The van der Waals surface area contributed by atoms with Crippen LogP contribution in [0.5, 0.6) is 0 Å². The molecule has 0 fully saturated rings. The fourth-order valence-electron chi connectivity index (χ4n) is 1.03. The van der Waals surface area contributed by atoms with Gasteiger partial charge in [-0.15, -0.1) is 4.39 Å². The van der Waals surface area contributed by atoms with E-state index >= 15 is 0 Å². The minimum absolute atomic E-state index is 0.115. The molecule has 0 aliphatic carbocycles. The van der Waals surface area contributed by atoms with Gasteiger partial charge in [-0.05, 0) is 18.2 Å². The van der Waals surface area contributed by atoms with Crippen LogP contribution in [0.3, 0.4) is 0 Å². The predicted octanol–water partition coefficient (Wildman–Crippen LogP) is 1.89. The molecule has 0 N–H and O–H groups in total. The van der Waals surface area contributed by atoms with Crippen LogP contribution in [-0.4, -0.2) is 13.4 Å². The lowest BCUT2D eigenvalue weighted by molar-refractivity contribution is 0.355. The zero-order valence-corrected chi connectivity index (χ0v) is 8.14. The number of nitrogens with zero attached hydrogens (tertiary/aromatic N) is 1. The first-order valence-electron chi connectivity index (χ1n) is 3.47. The number of hydrogen-bond acceptors (Lipinski definition) is 4. The highest BCUT2D eigenvalue weighted by Gasteiger charge is 2.13. The molecule has 0 bridgehead atoms. The normalized spacial score (nSPS) is 12.1. The Balaban J connectivity index is 2.74. The van der Waals surface area contributed by atoms with Crippen LogP contribution in [0, 0.1) is 6.14 Å². The molecular weight excluding hydrogens is 233 g/mol. The van der Waals surface area contributed by atoms with Crippen LogP contribution >= 0.6 is 10.7 Å². The fourth-order valence-corrected chi connectivity index (χ4v) is 1.80. The third-order valence-corrected chi connectivity index (χ3v) is 2.97. The van der Waals surface area contributed by atoms with E-state index in [9.17, 15) is 12.8 Å². The minimum Gasteiger partial charge on any atom is -0.415 e. The first-order chi connectivity index (χ1) is 6.47. The highest BCUT2D eigenvalue weighted by Crippen LogP contribution is 2.21. The molecule has 1 aromatic carbocycles. The van der Waals surface area contributed by atoms with Gasteiger partial charge in [0.15, 0.2) is 5.58 Å². The molecule has 0 unspecified atom stereocenters. The Bertz CT molecular complexity index is 592. The van der Waals surface area contributed by atoms with Crippen LogP contribution in [0.25, 0.3) is 11.1 Å². The molecule has 2 aromatic rings. The lowest BCUT2D eigenvalue weighted by Gasteiger charge is -1.93. The quantitative estimate of drug-likeness (QED) is 0.709. The predicted molar refractivity (Wildman–Crippen MR) is 47.0 cm³/mol. The second kappa shape index (κ2) is 2.93. The molecule has 0 saturated carbocycles. The average Bonchev–Trinajstić information content (AvgIpc) is 2.41. The first kappa shape index (κ1) is 9.42. The van der Waals surface area contributed by atoms with Gasteiger partial charge in [0.2, 0.25) is 0 Å². The Labute approximate surface area is 82.7 Å². The summed E-state index contributed by atoms with van der Waals surface area (Å²) in [6.45, 7) is 0. The van der Waals surface area contributed by atoms with Gasteiger partial charge in [0.05, 0.1) is 4.90 Å². The Morgan fingerprint density at radius 2 is 2.14 bits per heavy atom. The van der Waals surface area contributed by atoms with E-state index in [0.29, 0.717) is 0 Å². The molecule has 0 aliphatic rings. The fraction of sp³-hybridized carbons (Fsp3) is 0. The summed E-state index contributed by atoms with van der Waals surface area (Å²) in [5.41, 5.74) is 0.288. The molecule has 0 aliphatic heterocycles. The molecule has 1 aromatic heterocycles. The summed E-state index contributed by atoms with van der Waals surface area (Å²) in [6, 6.07) is 3.65. The van der Waals surface area contributed by atoms with Gasteiger partial charge < -0.3 is 4.42 Å². The monoisotopic (exact) mass is 235 g/mol. The highest BCUT2D eigenvalue weighted by atomic mass is 35.7. The maximum Gasteiger partial charge on any atom is 0.382 e. The zero-order chi connectivity index (χ0) is 10.3. The van der Waals surface area contributed by atoms with E-state index in [1.165, 1.54) is 12.1 Å². The molecule has 0 amide bonds. The van der Waals surface area contributed by atoms with Crippen molar-refractivity contribution in [3.63, 3.8) is 0 Å². The van der Waals surface area contributed by atoms with Crippen molar-refractivity contribution in [1.82, 2.24) is 4.98 Å². The van der Waals surface area contributed by atoms with E-state index < -0.39 is 15.2 Å². The topological polar surface area (TPSA) is 60.2 Å². The number of oxazole rings is 1. The Hall–Kier alpha value is -1.14. The highest BCUT2D eigenvalue weighted by molar-refractivity contribution is 8.13. The molecular formula is C7H3ClFNO3S. The van der Waals surface area contributed by atoms with Crippen LogP contribution in [-0.2, 0) is 9.05 Å². The van der Waals surface area contributed by atoms with Crippen LogP contribution < -0.4 is 0 Å².